The summed E-state index contributed by atoms with van der Waals surface area (Å²) in [4.78, 5) is 12.6. The molecule has 0 saturated heterocycles. The lowest BCUT2D eigenvalue weighted by Crippen LogP contribution is -2.24. The summed E-state index contributed by atoms with van der Waals surface area (Å²) in [6.07, 6.45) is 0. The highest BCUT2D eigenvalue weighted by Gasteiger charge is 2.15. The second-order valence-electron chi connectivity index (χ2n) is 7.38. The molecule has 0 aliphatic carbocycles. The van der Waals surface area contributed by atoms with Crippen molar-refractivity contribution in [1.82, 2.24) is 0 Å². The molecule has 3 aromatic carbocycles. The van der Waals surface area contributed by atoms with Crippen molar-refractivity contribution in [3.63, 3.8) is 0 Å². The van der Waals surface area contributed by atoms with Crippen LogP contribution in [0.1, 0.15) is 30.9 Å². The van der Waals surface area contributed by atoms with E-state index in [0.717, 1.165) is 0 Å². The van der Waals surface area contributed by atoms with E-state index in [0.29, 0.717) is 41.8 Å². The molecule has 5 nitrogen and oxygen atoms in total. The number of para-hydroxylation sites is 1. The standard InChI is InChI=1S/C25H26FN3O2/c1-17(2)18-7-11-20(12-8-18)29-25(30)24(27)22-5-3-4-6-23(22)28-15-16-31-21-13-9-19(26)10-14-21/h3-14,17,27-28H,15-16H2,1-2H3,(H,29,30). The van der Waals surface area contributed by atoms with Gasteiger partial charge in [-0.3, -0.25) is 10.2 Å². The van der Waals surface area contributed by atoms with Crippen molar-refractivity contribution in [3.05, 3.63) is 89.7 Å². The van der Waals surface area contributed by atoms with Gasteiger partial charge < -0.3 is 15.4 Å². The van der Waals surface area contributed by atoms with Crippen LogP contribution in [0.5, 0.6) is 5.75 Å². The molecule has 0 bridgehead atoms. The Balaban J connectivity index is 1.58. The van der Waals surface area contributed by atoms with Gasteiger partial charge in [0.05, 0.1) is 0 Å². The molecule has 160 valence electrons. The SMILES string of the molecule is CC(C)c1ccc(NC(=O)C(=N)c2ccccc2NCCOc2ccc(F)cc2)cc1. The Hall–Kier alpha value is -3.67. The third-order valence-corrected chi connectivity index (χ3v) is 4.76. The number of amides is 1. The molecule has 0 saturated carbocycles. The quantitative estimate of drug-likeness (QED) is 0.319. The van der Waals surface area contributed by atoms with Crippen molar-refractivity contribution < 1.29 is 13.9 Å². The van der Waals surface area contributed by atoms with E-state index in [1.165, 1.54) is 17.7 Å². The van der Waals surface area contributed by atoms with Crippen LogP contribution in [0.3, 0.4) is 0 Å². The van der Waals surface area contributed by atoms with Gasteiger partial charge >= 0.3 is 0 Å². The van der Waals surface area contributed by atoms with E-state index in [-0.39, 0.29) is 11.5 Å². The van der Waals surface area contributed by atoms with Crippen molar-refractivity contribution in [2.45, 2.75) is 19.8 Å². The fourth-order valence-electron chi connectivity index (χ4n) is 3.01. The van der Waals surface area contributed by atoms with Crippen LogP contribution >= 0.6 is 0 Å². The first-order valence-electron chi connectivity index (χ1n) is 10.2. The molecular weight excluding hydrogens is 393 g/mol. The molecular formula is C25H26FN3O2. The number of anilines is 2. The number of ether oxygens (including phenoxy) is 1. The number of nitrogens with one attached hydrogen (secondary N) is 3. The molecule has 0 aliphatic rings. The Morgan fingerprint density at radius 2 is 1.68 bits per heavy atom. The Morgan fingerprint density at radius 3 is 2.35 bits per heavy atom. The second-order valence-corrected chi connectivity index (χ2v) is 7.38. The molecule has 0 aromatic heterocycles. The number of benzene rings is 3. The summed E-state index contributed by atoms with van der Waals surface area (Å²) in [7, 11) is 0. The first-order valence-corrected chi connectivity index (χ1v) is 10.2. The average molecular weight is 420 g/mol. The average Bonchev–Trinajstić information content (AvgIpc) is 2.78. The van der Waals surface area contributed by atoms with Gasteiger partial charge in [0.25, 0.3) is 5.91 Å². The molecule has 3 aromatic rings. The van der Waals surface area contributed by atoms with Crippen molar-refractivity contribution in [1.29, 1.82) is 5.41 Å². The highest BCUT2D eigenvalue weighted by molar-refractivity contribution is 6.48. The van der Waals surface area contributed by atoms with Crippen LogP contribution < -0.4 is 15.4 Å². The molecule has 0 radical (unpaired) electrons. The Morgan fingerprint density at radius 1 is 1.00 bits per heavy atom. The predicted octanol–water partition coefficient (Wildman–Crippen LogP) is 5.45. The second kappa shape index (κ2) is 10.4. The first kappa shape index (κ1) is 22.0. The van der Waals surface area contributed by atoms with E-state index < -0.39 is 5.91 Å². The van der Waals surface area contributed by atoms with Gasteiger partial charge in [-0.2, -0.15) is 0 Å². The van der Waals surface area contributed by atoms with E-state index in [2.05, 4.69) is 24.5 Å². The molecule has 0 unspecified atom stereocenters. The van der Waals surface area contributed by atoms with Crippen LogP contribution in [0, 0.1) is 11.2 Å². The summed E-state index contributed by atoms with van der Waals surface area (Å²) in [5.41, 5.74) is 2.87. The lowest BCUT2D eigenvalue weighted by molar-refractivity contribution is -0.110. The van der Waals surface area contributed by atoms with Crippen LogP contribution in [0.25, 0.3) is 0 Å². The van der Waals surface area contributed by atoms with Crippen LogP contribution in [-0.4, -0.2) is 24.8 Å². The lowest BCUT2D eigenvalue weighted by atomic mass is 10.0. The molecule has 0 spiro atoms. The Labute approximate surface area is 181 Å². The maximum atomic E-state index is 12.9. The van der Waals surface area contributed by atoms with Gasteiger partial charge in [-0.15, -0.1) is 0 Å². The van der Waals surface area contributed by atoms with Crippen molar-refractivity contribution in [2.24, 2.45) is 0 Å². The van der Waals surface area contributed by atoms with Crippen LogP contribution in [0.15, 0.2) is 72.8 Å². The fraction of sp³-hybridized carbons (Fsp3) is 0.200. The zero-order chi connectivity index (χ0) is 22.2. The smallest absolute Gasteiger partial charge is 0.274 e. The molecule has 0 heterocycles. The summed E-state index contributed by atoms with van der Waals surface area (Å²) < 4.78 is 18.5. The van der Waals surface area contributed by atoms with Crippen molar-refractivity contribution >= 4 is 23.0 Å². The topological polar surface area (TPSA) is 74.2 Å². The maximum absolute atomic E-state index is 12.9. The number of hydrogen-bond donors (Lipinski definition) is 3. The van der Waals surface area contributed by atoms with Crippen LogP contribution in [0.2, 0.25) is 0 Å². The minimum atomic E-state index is -0.478. The molecule has 3 rings (SSSR count). The van der Waals surface area contributed by atoms with E-state index in [1.54, 1.807) is 24.3 Å². The lowest BCUT2D eigenvalue weighted by Gasteiger charge is -2.14. The monoisotopic (exact) mass is 419 g/mol. The molecule has 0 fully saturated rings. The number of hydrogen-bond acceptors (Lipinski definition) is 4. The zero-order valence-corrected chi connectivity index (χ0v) is 17.6. The third kappa shape index (κ3) is 6.15. The van der Waals surface area contributed by atoms with E-state index in [1.807, 2.05) is 36.4 Å². The van der Waals surface area contributed by atoms with Gasteiger partial charge in [0.2, 0.25) is 0 Å². The van der Waals surface area contributed by atoms with Gasteiger partial charge in [-0.1, -0.05) is 44.2 Å². The van der Waals surface area contributed by atoms with E-state index in [4.69, 9.17) is 10.1 Å². The van der Waals surface area contributed by atoms with Crippen LogP contribution in [-0.2, 0) is 4.79 Å². The summed E-state index contributed by atoms with van der Waals surface area (Å²) in [6, 6.07) is 20.6. The highest BCUT2D eigenvalue weighted by atomic mass is 19.1. The Kier molecular flexibility index (Phi) is 7.38. The summed E-state index contributed by atoms with van der Waals surface area (Å²) >= 11 is 0. The molecule has 0 atom stereocenters. The molecule has 31 heavy (non-hydrogen) atoms. The van der Waals surface area contributed by atoms with Crippen LogP contribution in [0.4, 0.5) is 15.8 Å². The van der Waals surface area contributed by atoms with Gasteiger partial charge in [-0.25, -0.2) is 4.39 Å². The zero-order valence-electron chi connectivity index (χ0n) is 17.6. The number of rotatable bonds is 9. The van der Waals surface area contributed by atoms with Gasteiger partial charge in [0.1, 0.15) is 23.9 Å². The minimum Gasteiger partial charge on any atom is -0.492 e. The van der Waals surface area contributed by atoms with Crippen molar-refractivity contribution in [3.8, 4) is 5.75 Å². The fourth-order valence-corrected chi connectivity index (χ4v) is 3.01. The largest absolute Gasteiger partial charge is 0.492 e. The Bertz CT molecular complexity index is 1030. The molecule has 3 N–H and O–H groups in total. The molecule has 1 amide bonds. The molecule has 6 heteroatoms. The van der Waals surface area contributed by atoms with E-state index >= 15 is 0 Å². The predicted molar refractivity (Wildman–Crippen MR) is 123 cm³/mol. The number of halogens is 1. The summed E-state index contributed by atoms with van der Waals surface area (Å²) in [6.45, 7) is 5.03. The van der Waals surface area contributed by atoms with Gasteiger partial charge in [0, 0.05) is 23.5 Å². The molecule has 0 aliphatic heterocycles. The number of carbonyl (C=O) groups is 1. The van der Waals surface area contributed by atoms with Gasteiger partial charge in [0.15, 0.2) is 0 Å². The third-order valence-electron chi connectivity index (χ3n) is 4.76. The normalized spacial score (nSPS) is 10.6. The minimum absolute atomic E-state index is 0.129. The maximum Gasteiger partial charge on any atom is 0.274 e. The van der Waals surface area contributed by atoms with Gasteiger partial charge in [-0.05, 0) is 53.9 Å². The first-order chi connectivity index (χ1) is 14.9. The van der Waals surface area contributed by atoms with E-state index in [9.17, 15) is 9.18 Å². The highest BCUT2D eigenvalue weighted by Crippen LogP contribution is 2.19. The number of carbonyl (C=O) groups excluding carboxylic acids is 1. The summed E-state index contributed by atoms with van der Waals surface area (Å²) in [5, 5.41) is 14.3. The summed E-state index contributed by atoms with van der Waals surface area (Å²) in [5.74, 6) is 0.196. The van der Waals surface area contributed by atoms with Crippen molar-refractivity contribution in [2.75, 3.05) is 23.8 Å².